The number of fused-ring (bicyclic) bond motifs is 1. The van der Waals surface area contributed by atoms with Crippen LogP contribution in [-0.4, -0.2) is 9.55 Å². The second kappa shape index (κ2) is 4.79. The minimum absolute atomic E-state index is 0.366. The number of nitrogens with zero attached hydrogens (tertiary/aromatic N) is 2. The number of oxazole rings is 1. The van der Waals surface area contributed by atoms with Gasteiger partial charge in [0.1, 0.15) is 5.82 Å². The van der Waals surface area contributed by atoms with Crippen LogP contribution >= 0.6 is 15.9 Å². The van der Waals surface area contributed by atoms with Gasteiger partial charge in [-0.3, -0.25) is 4.57 Å². The van der Waals surface area contributed by atoms with E-state index in [0.717, 1.165) is 27.2 Å². The molecule has 0 bridgehead atoms. The normalized spacial score (nSPS) is 10.9. The fourth-order valence-corrected chi connectivity index (χ4v) is 2.19. The van der Waals surface area contributed by atoms with E-state index >= 15 is 0 Å². The van der Waals surface area contributed by atoms with Crippen LogP contribution in [-0.2, 0) is 7.05 Å². The van der Waals surface area contributed by atoms with Crippen LogP contribution in [0.1, 0.15) is 5.69 Å². The fraction of sp³-hybridized carbons (Fsp3) is 0.143. The van der Waals surface area contributed by atoms with E-state index in [1.54, 1.807) is 13.1 Å². The van der Waals surface area contributed by atoms with Crippen molar-refractivity contribution >= 4 is 38.5 Å². The number of anilines is 2. The van der Waals surface area contributed by atoms with Crippen LogP contribution in [0.2, 0.25) is 0 Å². The van der Waals surface area contributed by atoms with Gasteiger partial charge in [0.25, 0.3) is 0 Å². The SMILES string of the molecule is Cc1nc(Nc2ccc3c(c2)oc(=O)n3C)ccc1Br. The lowest BCUT2D eigenvalue weighted by molar-refractivity contribution is 0.528. The molecule has 20 heavy (non-hydrogen) atoms. The Bertz CT molecular complexity index is 851. The highest BCUT2D eigenvalue weighted by molar-refractivity contribution is 9.10. The van der Waals surface area contributed by atoms with Crippen LogP contribution in [0.4, 0.5) is 11.5 Å². The van der Waals surface area contributed by atoms with E-state index in [9.17, 15) is 4.79 Å². The number of nitrogens with one attached hydrogen (secondary N) is 1. The molecule has 0 radical (unpaired) electrons. The summed E-state index contributed by atoms with van der Waals surface area (Å²) in [6.45, 7) is 1.93. The standard InChI is InChI=1S/C14H12BrN3O2/c1-8-10(15)4-6-13(16-8)17-9-3-5-11-12(7-9)20-14(19)18(11)2/h3-7H,1-2H3,(H,16,17). The van der Waals surface area contributed by atoms with Crippen molar-refractivity contribution in [2.75, 3.05) is 5.32 Å². The summed E-state index contributed by atoms with van der Waals surface area (Å²) in [7, 11) is 1.68. The van der Waals surface area contributed by atoms with Crippen molar-refractivity contribution in [3.05, 3.63) is 51.0 Å². The second-order valence-corrected chi connectivity index (χ2v) is 5.35. The zero-order valence-electron chi connectivity index (χ0n) is 11.0. The molecule has 0 saturated carbocycles. The third kappa shape index (κ3) is 2.22. The molecule has 3 rings (SSSR count). The third-order valence-electron chi connectivity index (χ3n) is 3.09. The second-order valence-electron chi connectivity index (χ2n) is 4.50. The molecule has 2 aromatic heterocycles. The van der Waals surface area contributed by atoms with E-state index < -0.39 is 0 Å². The molecule has 6 heteroatoms. The van der Waals surface area contributed by atoms with Crippen LogP contribution < -0.4 is 11.1 Å². The Balaban J connectivity index is 1.98. The van der Waals surface area contributed by atoms with Crippen LogP contribution in [0.15, 0.2) is 44.0 Å². The first-order valence-corrected chi connectivity index (χ1v) is 6.83. The molecule has 0 fully saturated rings. The van der Waals surface area contributed by atoms with Crippen molar-refractivity contribution < 1.29 is 4.42 Å². The van der Waals surface area contributed by atoms with Gasteiger partial charge in [0, 0.05) is 23.3 Å². The number of rotatable bonds is 2. The molecule has 1 aromatic carbocycles. The molecule has 0 aliphatic carbocycles. The number of aromatic nitrogens is 2. The van der Waals surface area contributed by atoms with E-state index in [2.05, 4.69) is 26.2 Å². The number of aryl methyl sites for hydroxylation is 2. The molecule has 3 aromatic rings. The van der Waals surface area contributed by atoms with Crippen LogP contribution in [0.3, 0.4) is 0 Å². The minimum atomic E-state index is -0.366. The zero-order valence-corrected chi connectivity index (χ0v) is 12.6. The van der Waals surface area contributed by atoms with Crippen molar-refractivity contribution in [1.82, 2.24) is 9.55 Å². The van der Waals surface area contributed by atoms with E-state index in [4.69, 9.17) is 4.42 Å². The Labute approximate surface area is 123 Å². The maximum atomic E-state index is 11.4. The molecule has 0 aliphatic heterocycles. The van der Waals surface area contributed by atoms with Crippen LogP contribution in [0, 0.1) is 6.92 Å². The smallest absolute Gasteiger partial charge is 0.408 e. The minimum Gasteiger partial charge on any atom is -0.408 e. The first kappa shape index (κ1) is 12.9. The van der Waals surface area contributed by atoms with Gasteiger partial charge in [-0.15, -0.1) is 0 Å². The Kier molecular flexibility index (Phi) is 3.10. The van der Waals surface area contributed by atoms with Gasteiger partial charge in [0.05, 0.1) is 11.2 Å². The first-order chi connectivity index (χ1) is 9.54. The highest BCUT2D eigenvalue weighted by Crippen LogP contribution is 2.22. The first-order valence-electron chi connectivity index (χ1n) is 6.04. The topological polar surface area (TPSA) is 60.1 Å². The van der Waals surface area contributed by atoms with Crippen molar-refractivity contribution in [3.63, 3.8) is 0 Å². The maximum Gasteiger partial charge on any atom is 0.419 e. The monoisotopic (exact) mass is 333 g/mol. The number of pyridine rings is 1. The van der Waals surface area contributed by atoms with Crippen LogP contribution in [0.5, 0.6) is 0 Å². The van der Waals surface area contributed by atoms with Gasteiger partial charge in [-0.2, -0.15) is 0 Å². The highest BCUT2D eigenvalue weighted by Gasteiger charge is 2.07. The summed E-state index contributed by atoms with van der Waals surface area (Å²) in [4.78, 5) is 15.9. The molecule has 0 spiro atoms. The van der Waals surface area contributed by atoms with Gasteiger partial charge >= 0.3 is 5.76 Å². The van der Waals surface area contributed by atoms with Crippen LogP contribution in [0.25, 0.3) is 11.1 Å². The molecular weight excluding hydrogens is 322 g/mol. The molecule has 0 unspecified atom stereocenters. The van der Waals surface area contributed by atoms with Gasteiger partial charge in [0.15, 0.2) is 5.58 Å². The Morgan fingerprint density at radius 1 is 1.30 bits per heavy atom. The van der Waals surface area contributed by atoms with E-state index in [0.29, 0.717) is 5.58 Å². The molecule has 0 atom stereocenters. The van der Waals surface area contributed by atoms with Crippen molar-refractivity contribution in [3.8, 4) is 0 Å². The molecular formula is C14H12BrN3O2. The number of hydrogen-bond donors (Lipinski definition) is 1. The summed E-state index contributed by atoms with van der Waals surface area (Å²) in [5.41, 5.74) is 3.04. The maximum absolute atomic E-state index is 11.4. The zero-order chi connectivity index (χ0) is 14.3. The molecule has 0 aliphatic rings. The fourth-order valence-electron chi connectivity index (χ4n) is 1.97. The van der Waals surface area contributed by atoms with E-state index in [1.807, 2.05) is 31.2 Å². The molecule has 1 N–H and O–H groups in total. The molecule has 0 saturated heterocycles. The van der Waals surface area contributed by atoms with Gasteiger partial charge in [0.2, 0.25) is 0 Å². The summed E-state index contributed by atoms with van der Waals surface area (Å²) in [6.07, 6.45) is 0. The average Bonchev–Trinajstić information content (AvgIpc) is 2.69. The highest BCUT2D eigenvalue weighted by atomic mass is 79.9. The summed E-state index contributed by atoms with van der Waals surface area (Å²) in [5, 5.41) is 3.19. The summed E-state index contributed by atoms with van der Waals surface area (Å²) in [6, 6.07) is 9.33. The Morgan fingerprint density at radius 3 is 2.85 bits per heavy atom. The number of halogens is 1. The quantitative estimate of drug-likeness (QED) is 0.781. The van der Waals surface area contributed by atoms with Crippen molar-refractivity contribution in [2.24, 2.45) is 7.05 Å². The Hall–Kier alpha value is -2.08. The lowest BCUT2D eigenvalue weighted by Crippen LogP contribution is -2.08. The van der Waals surface area contributed by atoms with Crippen molar-refractivity contribution in [1.29, 1.82) is 0 Å². The Morgan fingerprint density at radius 2 is 2.10 bits per heavy atom. The van der Waals surface area contributed by atoms with Gasteiger partial charge in [-0.1, -0.05) is 0 Å². The average molecular weight is 334 g/mol. The lowest BCUT2D eigenvalue weighted by atomic mass is 10.2. The largest absolute Gasteiger partial charge is 0.419 e. The summed E-state index contributed by atoms with van der Waals surface area (Å²) < 4.78 is 7.60. The summed E-state index contributed by atoms with van der Waals surface area (Å²) in [5.74, 6) is 0.373. The predicted octanol–water partition coefficient (Wildman–Crippen LogP) is 3.34. The third-order valence-corrected chi connectivity index (χ3v) is 3.92. The molecule has 0 amide bonds. The van der Waals surface area contributed by atoms with Gasteiger partial charge in [-0.25, -0.2) is 9.78 Å². The predicted molar refractivity (Wildman–Crippen MR) is 81.4 cm³/mol. The number of hydrogen-bond acceptors (Lipinski definition) is 4. The molecule has 102 valence electrons. The molecule has 2 heterocycles. The van der Waals surface area contributed by atoms with Gasteiger partial charge < -0.3 is 9.73 Å². The summed E-state index contributed by atoms with van der Waals surface area (Å²) >= 11 is 3.42. The van der Waals surface area contributed by atoms with E-state index in [1.165, 1.54) is 4.57 Å². The van der Waals surface area contributed by atoms with Crippen molar-refractivity contribution in [2.45, 2.75) is 6.92 Å². The molecule has 5 nitrogen and oxygen atoms in total. The lowest BCUT2D eigenvalue weighted by Gasteiger charge is -2.07. The van der Waals surface area contributed by atoms with Gasteiger partial charge in [-0.05, 0) is 47.1 Å². The number of benzene rings is 1. The van der Waals surface area contributed by atoms with E-state index in [-0.39, 0.29) is 5.76 Å².